The average Bonchev–Trinajstić information content (AvgIpc) is 3.06. The molecule has 0 aromatic heterocycles. The van der Waals surface area contributed by atoms with Gasteiger partial charge in [-0.1, -0.05) is 37.1 Å². The Morgan fingerprint density at radius 3 is 1.91 bits per heavy atom. The summed E-state index contributed by atoms with van der Waals surface area (Å²) >= 11 is 0. The summed E-state index contributed by atoms with van der Waals surface area (Å²) in [5.41, 5.74) is 1.64. The summed E-state index contributed by atoms with van der Waals surface area (Å²) in [7, 11) is -7.21. The molecule has 1 aliphatic rings. The van der Waals surface area contributed by atoms with Crippen LogP contribution in [-0.4, -0.2) is 40.1 Å². The van der Waals surface area contributed by atoms with E-state index in [0.29, 0.717) is 19.5 Å². The van der Waals surface area contributed by atoms with E-state index in [2.05, 4.69) is 5.32 Å². The molecule has 0 radical (unpaired) electrons. The number of nitrogens with zero attached hydrogens (tertiary/aromatic N) is 1. The number of carbonyl (C=O) groups is 1. The second kappa shape index (κ2) is 10.6. The Hall–Kier alpha value is -2.27. The molecule has 1 fully saturated rings. The van der Waals surface area contributed by atoms with Crippen molar-refractivity contribution < 1.29 is 21.6 Å². The van der Waals surface area contributed by atoms with Gasteiger partial charge in [0, 0.05) is 26.1 Å². The number of primary sulfonamides is 1. The molecule has 0 unspecified atom stereocenters. The van der Waals surface area contributed by atoms with Gasteiger partial charge in [0.1, 0.15) is 0 Å². The van der Waals surface area contributed by atoms with Crippen LogP contribution < -0.4 is 10.5 Å². The number of hydrogen-bond donors (Lipinski definition) is 2. The van der Waals surface area contributed by atoms with Crippen molar-refractivity contribution >= 4 is 26.0 Å². The summed E-state index contributed by atoms with van der Waals surface area (Å²) in [6.45, 7) is 1.40. The molecule has 10 heteroatoms. The lowest BCUT2D eigenvalue weighted by Gasteiger charge is -2.20. The van der Waals surface area contributed by atoms with Gasteiger partial charge in [-0.15, -0.1) is 0 Å². The first kappa shape index (κ1) is 24.4. The molecule has 3 rings (SSSR count). The Morgan fingerprint density at radius 1 is 0.812 bits per heavy atom. The Labute approximate surface area is 189 Å². The van der Waals surface area contributed by atoms with Gasteiger partial charge in [-0.05, 0) is 54.7 Å². The van der Waals surface area contributed by atoms with Gasteiger partial charge in [-0.3, -0.25) is 4.79 Å². The number of aryl methyl sites for hydroxylation is 1. The van der Waals surface area contributed by atoms with Crippen molar-refractivity contribution in [3.63, 3.8) is 0 Å². The van der Waals surface area contributed by atoms with Gasteiger partial charge in [-0.2, -0.15) is 4.31 Å². The predicted octanol–water partition coefficient (Wildman–Crippen LogP) is 2.15. The molecule has 2 aromatic rings. The van der Waals surface area contributed by atoms with Gasteiger partial charge in [-0.25, -0.2) is 22.0 Å². The van der Waals surface area contributed by atoms with E-state index >= 15 is 0 Å². The Bertz CT molecular complexity index is 1120. The smallest absolute Gasteiger partial charge is 0.243 e. The van der Waals surface area contributed by atoms with Crippen LogP contribution in [0.1, 0.15) is 43.2 Å². The van der Waals surface area contributed by atoms with Crippen LogP contribution in [0.3, 0.4) is 0 Å². The van der Waals surface area contributed by atoms with Crippen LogP contribution in [0.4, 0.5) is 0 Å². The first-order valence-electron chi connectivity index (χ1n) is 10.6. The van der Waals surface area contributed by atoms with Gasteiger partial charge in [0.05, 0.1) is 9.79 Å². The lowest BCUT2D eigenvalue weighted by molar-refractivity contribution is -0.121. The Morgan fingerprint density at radius 2 is 1.34 bits per heavy atom. The number of rotatable bonds is 8. The number of benzene rings is 2. The molecule has 0 spiro atoms. The Kier molecular flexibility index (Phi) is 8.05. The van der Waals surface area contributed by atoms with Crippen molar-refractivity contribution in [1.82, 2.24) is 9.62 Å². The highest BCUT2D eigenvalue weighted by Gasteiger charge is 2.24. The van der Waals surface area contributed by atoms with Gasteiger partial charge >= 0.3 is 0 Å². The van der Waals surface area contributed by atoms with E-state index in [1.807, 2.05) is 0 Å². The van der Waals surface area contributed by atoms with E-state index < -0.39 is 20.0 Å². The maximum Gasteiger partial charge on any atom is 0.243 e. The molecule has 0 bridgehead atoms. The quantitative estimate of drug-likeness (QED) is 0.600. The number of sulfonamides is 2. The molecule has 2 aromatic carbocycles. The minimum absolute atomic E-state index is 0.0221. The van der Waals surface area contributed by atoms with E-state index in [4.69, 9.17) is 5.14 Å². The summed E-state index contributed by atoms with van der Waals surface area (Å²) in [6.07, 6.45) is 4.65. The zero-order valence-electron chi connectivity index (χ0n) is 17.9. The lowest BCUT2D eigenvalue weighted by atomic mass is 10.1. The standard InChI is InChI=1S/C22H29N3O5S2/c23-31(27,28)20-10-7-19(8-11-20)17-24-22(26)14-9-18-5-12-21(13-6-18)32(29,30)25-15-3-1-2-4-16-25/h5-8,10-13H,1-4,9,14-17H2,(H,24,26)(H2,23,27,28). The fourth-order valence-electron chi connectivity index (χ4n) is 3.60. The minimum atomic E-state index is -3.74. The highest BCUT2D eigenvalue weighted by Crippen LogP contribution is 2.21. The third-order valence-electron chi connectivity index (χ3n) is 5.51. The van der Waals surface area contributed by atoms with Crippen LogP contribution in [0.2, 0.25) is 0 Å². The van der Waals surface area contributed by atoms with Crippen molar-refractivity contribution in [2.75, 3.05) is 13.1 Å². The normalized spacial score (nSPS) is 15.8. The Balaban J connectivity index is 1.50. The van der Waals surface area contributed by atoms with E-state index in [0.717, 1.165) is 36.8 Å². The number of nitrogens with one attached hydrogen (secondary N) is 1. The van der Waals surface area contributed by atoms with Gasteiger partial charge in [0.15, 0.2) is 0 Å². The van der Waals surface area contributed by atoms with E-state index in [1.165, 1.54) is 12.1 Å². The monoisotopic (exact) mass is 479 g/mol. The lowest BCUT2D eigenvalue weighted by Crippen LogP contribution is -2.31. The summed E-state index contributed by atoms with van der Waals surface area (Å²) in [5.74, 6) is -0.151. The van der Waals surface area contributed by atoms with Crippen LogP contribution in [0.25, 0.3) is 0 Å². The number of carbonyl (C=O) groups excluding carboxylic acids is 1. The molecule has 3 N–H and O–H groups in total. The fraction of sp³-hybridized carbons (Fsp3) is 0.409. The van der Waals surface area contributed by atoms with Crippen LogP contribution in [0, 0.1) is 0 Å². The molecule has 1 aliphatic heterocycles. The van der Waals surface area contributed by atoms with Crippen LogP contribution >= 0.6 is 0 Å². The predicted molar refractivity (Wildman–Crippen MR) is 122 cm³/mol. The van der Waals surface area contributed by atoms with Crippen molar-refractivity contribution in [1.29, 1.82) is 0 Å². The SMILES string of the molecule is NS(=O)(=O)c1ccc(CNC(=O)CCc2ccc(S(=O)(=O)N3CCCCCC3)cc2)cc1. The third-order valence-corrected chi connectivity index (χ3v) is 8.35. The molecule has 174 valence electrons. The summed E-state index contributed by atoms with van der Waals surface area (Å²) in [4.78, 5) is 12.5. The van der Waals surface area contributed by atoms with Gasteiger partial charge in [0.2, 0.25) is 26.0 Å². The molecular formula is C22H29N3O5S2. The first-order chi connectivity index (χ1) is 15.2. The first-order valence-corrected chi connectivity index (χ1v) is 13.6. The summed E-state index contributed by atoms with van der Waals surface area (Å²) < 4.78 is 49.8. The number of nitrogens with two attached hydrogens (primary N) is 1. The van der Waals surface area contributed by atoms with E-state index in [-0.39, 0.29) is 28.7 Å². The zero-order valence-corrected chi connectivity index (χ0v) is 19.5. The molecule has 0 atom stereocenters. The average molecular weight is 480 g/mol. The second-order valence-corrected chi connectivity index (χ2v) is 11.4. The highest BCUT2D eigenvalue weighted by molar-refractivity contribution is 7.89. The second-order valence-electron chi connectivity index (χ2n) is 7.93. The van der Waals surface area contributed by atoms with Crippen LogP contribution in [-0.2, 0) is 37.8 Å². The zero-order chi connectivity index (χ0) is 23.2. The maximum absolute atomic E-state index is 12.8. The van der Waals surface area contributed by atoms with Crippen molar-refractivity contribution in [3.05, 3.63) is 59.7 Å². The van der Waals surface area contributed by atoms with Crippen molar-refractivity contribution in [2.24, 2.45) is 5.14 Å². The molecule has 1 saturated heterocycles. The van der Waals surface area contributed by atoms with E-state index in [9.17, 15) is 21.6 Å². The molecule has 8 nitrogen and oxygen atoms in total. The maximum atomic E-state index is 12.8. The van der Waals surface area contributed by atoms with Crippen molar-refractivity contribution in [2.45, 2.75) is 54.9 Å². The van der Waals surface area contributed by atoms with Crippen LogP contribution in [0.15, 0.2) is 58.3 Å². The molecule has 1 amide bonds. The topological polar surface area (TPSA) is 127 Å². The minimum Gasteiger partial charge on any atom is -0.352 e. The van der Waals surface area contributed by atoms with Crippen molar-refractivity contribution in [3.8, 4) is 0 Å². The highest BCUT2D eigenvalue weighted by atomic mass is 32.2. The summed E-state index contributed by atoms with van der Waals surface area (Å²) in [5, 5.41) is 7.86. The van der Waals surface area contributed by atoms with Gasteiger partial charge < -0.3 is 5.32 Å². The van der Waals surface area contributed by atoms with Gasteiger partial charge in [0.25, 0.3) is 0 Å². The van der Waals surface area contributed by atoms with Crippen LogP contribution in [0.5, 0.6) is 0 Å². The largest absolute Gasteiger partial charge is 0.352 e. The van der Waals surface area contributed by atoms with E-state index in [1.54, 1.807) is 40.7 Å². The molecule has 0 saturated carbocycles. The molecule has 32 heavy (non-hydrogen) atoms. The molecule has 1 heterocycles. The third kappa shape index (κ3) is 6.61. The number of hydrogen-bond acceptors (Lipinski definition) is 5. The molecular weight excluding hydrogens is 450 g/mol. The number of amides is 1. The summed E-state index contributed by atoms with van der Waals surface area (Å²) in [6, 6.07) is 12.7. The fourth-order valence-corrected chi connectivity index (χ4v) is 5.64. The molecule has 0 aliphatic carbocycles.